The Kier molecular flexibility index (Phi) is 5.13. The van der Waals surface area contributed by atoms with E-state index in [-0.39, 0.29) is 23.3 Å². The van der Waals surface area contributed by atoms with Gasteiger partial charge in [-0.15, -0.1) is 11.3 Å². The smallest absolute Gasteiger partial charge is 0.277 e. The Morgan fingerprint density at radius 1 is 1.23 bits per heavy atom. The van der Waals surface area contributed by atoms with Crippen molar-refractivity contribution in [3.8, 4) is 0 Å². The summed E-state index contributed by atoms with van der Waals surface area (Å²) < 4.78 is 1.51. The van der Waals surface area contributed by atoms with E-state index >= 15 is 0 Å². The van der Waals surface area contributed by atoms with Gasteiger partial charge in [0.05, 0.1) is 22.7 Å². The Balaban J connectivity index is 1.35. The molecular weight excluding hydrogens is 414 g/mol. The molecule has 162 valence electrons. The van der Waals surface area contributed by atoms with Crippen molar-refractivity contribution < 1.29 is 9.59 Å². The molecule has 0 aliphatic carbocycles. The van der Waals surface area contributed by atoms with Crippen molar-refractivity contribution in [2.24, 2.45) is 0 Å². The summed E-state index contributed by atoms with van der Waals surface area (Å²) in [7, 11) is 0. The zero-order valence-electron chi connectivity index (χ0n) is 17.5. The topological polar surface area (TPSA) is 90.8 Å². The zero-order chi connectivity index (χ0) is 21.5. The minimum Gasteiger partial charge on any atom is -0.338 e. The summed E-state index contributed by atoms with van der Waals surface area (Å²) in [6.45, 7) is 4.17. The van der Waals surface area contributed by atoms with Gasteiger partial charge in [-0.05, 0) is 24.3 Å². The number of nitrogens with one attached hydrogen (secondary N) is 1. The van der Waals surface area contributed by atoms with Crippen LogP contribution in [0.4, 0.5) is 0 Å². The molecule has 3 aromatic heterocycles. The van der Waals surface area contributed by atoms with Crippen LogP contribution in [-0.2, 0) is 17.8 Å². The number of hydrogen-bond acceptors (Lipinski definition) is 5. The van der Waals surface area contributed by atoms with Gasteiger partial charge in [0.15, 0.2) is 5.65 Å². The Morgan fingerprint density at radius 2 is 2.03 bits per heavy atom. The van der Waals surface area contributed by atoms with Crippen LogP contribution in [0.3, 0.4) is 0 Å². The van der Waals surface area contributed by atoms with Crippen molar-refractivity contribution in [1.29, 1.82) is 0 Å². The second-order valence-corrected chi connectivity index (χ2v) is 9.16. The van der Waals surface area contributed by atoms with Crippen LogP contribution in [0.1, 0.15) is 58.7 Å². The first-order valence-electron chi connectivity index (χ1n) is 10.8. The van der Waals surface area contributed by atoms with Crippen molar-refractivity contribution >= 4 is 28.8 Å². The van der Waals surface area contributed by atoms with Crippen LogP contribution in [0.25, 0.3) is 5.65 Å². The van der Waals surface area contributed by atoms with E-state index in [4.69, 9.17) is 4.98 Å². The number of rotatable bonds is 3. The first kappa shape index (κ1) is 20.0. The summed E-state index contributed by atoms with van der Waals surface area (Å²) in [5, 5.41) is 5.17. The van der Waals surface area contributed by atoms with Crippen LogP contribution in [0.5, 0.6) is 0 Å². The summed E-state index contributed by atoms with van der Waals surface area (Å²) >= 11 is 1.47. The van der Waals surface area contributed by atoms with Crippen LogP contribution in [0.2, 0.25) is 0 Å². The standard InChI is InChI=1S/C22H25N5O3S/c1-2-20(28)26-10-7-16-15(13-26)21(29)27-19(23-16)12-17(24-27)14-5-8-25(9-6-14)22(30)18-4-3-11-31-18/h3-4,11-12,14,24H,2,5-10,13H2,1H3. The molecule has 31 heavy (non-hydrogen) atoms. The molecule has 2 aliphatic heterocycles. The molecule has 0 aromatic carbocycles. The molecule has 1 N–H and O–H groups in total. The Labute approximate surface area is 183 Å². The number of H-pyrrole nitrogens is 1. The van der Waals surface area contributed by atoms with Gasteiger partial charge in [0.25, 0.3) is 11.5 Å². The molecule has 0 atom stereocenters. The Hall–Kier alpha value is -2.94. The lowest BCUT2D eigenvalue weighted by molar-refractivity contribution is -0.131. The number of aromatic amines is 1. The number of nitrogens with zero attached hydrogens (tertiary/aromatic N) is 4. The van der Waals surface area contributed by atoms with Gasteiger partial charge in [-0.25, -0.2) is 9.50 Å². The molecule has 3 aromatic rings. The number of piperidine rings is 1. The minimum absolute atomic E-state index is 0.0613. The number of carbonyl (C=O) groups excluding carboxylic acids is 2. The first-order valence-corrected chi connectivity index (χ1v) is 11.7. The van der Waals surface area contributed by atoms with E-state index in [0.717, 1.165) is 29.1 Å². The van der Waals surface area contributed by atoms with E-state index in [1.807, 2.05) is 35.4 Å². The van der Waals surface area contributed by atoms with Crippen LogP contribution in [-0.4, -0.2) is 55.8 Å². The fourth-order valence-electron chi connectivity index (χ4n) is 4.60. The predicted octanol–water partition coefficient (Wildman–Crippen LogP) is 2.40. The number of amides is 2. The van der Waals surface area contributed by atoms with Gasteiger partial charge >= 0.3 is 0 Å². The average molecular weight is 440 g/mol. The maximum Gasteiger partial charge on any atom is 0.277 e. The number of aromatic nitrogens is 3. The number of thiophene rings is 1. The van der Waals surface area contributed by atoms with E-state index in [9.17, 15) is 14.4 Å². The van der Waals surface area contributed by atoms with Gasteiger partial charge in [0.2, 0.25) is 5.91 Å². The molecular formula is C22H25N5O3S. The highest BCUT2D eigenvalue weighted by Crippen LogP contribution is 2.29. The number of carbonyl (C=O) groups is 2. The van der Waals surface area contributed by atoms with Gasteiger partial charge in [-0.2, -0.15) is 0 Å². The highest BCUT2D eigenvalue weighted by molar-refractivity contribution is 7.12. The summed E-state index contributed by atoms with van der Waals surface area (Å²) in [6, 6.07) is 5.73. The van der Waals surface area contributed by atoms with Crippen molar-refractivity contribution in [3.05, 3.63) is 55.8 Å². The summed E-state index contributed by atoms with van der Waals surface area (Å²) in [5.41, 5.74) is 2.90. The van der Waals surface area contributed by atoms with Gasteiger partial charge < -0.3 is 9.80 Å². The van der Waals surface area contributed by atoms with Crippen molar-refractivity contribution in [3.63, 3.8) is 0 Å². The molecule has 8 nitrogen and oxygen atoms in total. The van der Waals surface area contributed by atoms with E-state index in [1.54, 1.807) is 4.90 Å². The van der Waals surface area contributed by atoms with Crippen molar-refractivity contribution in [2.75, 3.05) is 19.6 Å². The molecule has 2 amide bonds. The molecule has 0 radical (unpaired) electrons. The monoisotopic (exact) mass is 439 g/mol. The number of hydrogen-bond donors (Lipinski definition) is 1. The van der Waals surface area contributed by atoms with Crippen LogP contribution >= 0.6 is 11.3 Å². The third kappa shape index (κ3) is 3.56. The lowest BCUT2D eigenvalue weighted by Crippen LogP contribution is -2.40. The summed E-state index contributed by atoms with van der Waals surface area (Å²) in [5.74, 6) is 0.414. The van der Waals surface area contributed by atoms with Gasteiger partial charge in [-0.3, -0.25) is 19.5 Å². The molecule has 0 spiro atoms. The maximum absolute atomic E-state index is 13.1. The van der Waals surface area contributed by atoms with Crippen LogP contribution in [0, 0.1) is 0 Å². The number of fused-ring (bicyclic) bond motifs is 2. The van der Waals surface area contributed by atoms with E-state index in [2.05, 4.69) is 5.10 Å². The molecule has 1 fully saturated rings. The normalized spacial score (nSPS) is 17.2. The molecule has 5 heterocycles. The number of likely N-dealkylation sites (tertiary alicyclic amines) is 1. The lowest BCUT2D eigenvalue weighted by Gasteiger charge is -2.31. The van der Waals surface area contributed by atoms with E-state index in [1.165, 1.54) is 15.9 Å². The lowest BCUT2D eigenvalue weighted by atomic mass is 9.93. The minimum atomic E-state index is -0.120. The highest BCUT2D eigenvalue weighted by Gasteiger charge is 2.28. The molecule has 5 rings (SSSR count). The Morgan fingerprint density at radius 3 is 2.74 bits per heavy atom. The van der Waals surface area contributed by atoms with Crippen LogP contribution in [0.15, 0.2) is 28.4 Å². The predicted molar refractivity (Wildman–Crippen MR) is 117 cm³/mol. The van der Waals surface area contributed by atoms with Gasteiger partial charge in [0.1, 0.15) is 0 Å². The fraction of sp³-hybridized carbons (Fsp3) is 0.455. The van der Waals surface area contributed by atoms with Crippen LogP contribution < -0.4 is 5.56 Å². The maximum atomic E-state index is 13.1. The average Bonchev–Trinajstić information content (AvgIpc) is 3.49. The molecule has 0 unspecified atom stereocenters. The van der Waals surface area contributed by atoms with E-state index < -0.39 is 0 Å². The first-order chi connectivity index (χ1) is 15.0. The fourth-order valence-corrected chi connectivity index (χ4v) is 5.29. The third-order valence-corrected chi connectivity index (χ3v) is 7.25. The van der Waals surface area contributed by atoms with Crippen molar-refractivity contribution in [1.82, 2.24) is 24.4 Å². The second kappa shape index (κ2) is 7.96. The molecule has 2 aliphatic rings. The van der Waals surface area contributed by atoms with Crippen molar-refractivity contribution in [2.45, 2.75) is 45.1 Å². The highest BCUT2D eigenvalue weighted by atomic mass is 32.1. The largest absolute Gasteiger partial charge is 0.338 e. The third-order valence-electron chi connectivity index (χ3n) is 6.39. The SMILES string of the molecule is CCC(=O)N1CCc2nc3cc(C4CCN(C(=O)c5cccs5)CC4)[nH]n3c(=O)c2C1. The molecule has 1 saturated heterocycles. The molecule has 0 saturated carbocycles. The summed E-state index contributed by atoms with van der Waals surface area (Å²) in [6.07, 6.45) is 2.73. The molecule has 0 bridgehead atoms. The van der Waals surface area contributed by atoms with Gasteiger partial charge in [0, 0.05) is 50.2 Å². The summed E-state index contributed by atoms with van der Waals surface area (Å²) in [4.78, 5) is 46.9. The van der Waals surface area contributed by atoms with Gasteiger partial charge in [-0.1, -0.05) is 13.0 Å². The van der Waals surface area contributed by atoms with E-state index in [0.29, 0.717) is 50.2 Å². The quantitative estimate of drug-likeness (QED) is 0.679. The molecule has 9 heteroatoms. The Bertz CT molecular complexity index is 1190. The second-order valence-electron chi connectivity index (χ2n) is 8.21. The zero-order valence-corrected chi connectivity index (χ0v) is 18.3.